The average Bonchev–Trinajstić information content (AvgIpc) is 3.68. The number of benzene rings is 1. The first kappa shape index (κ1) is 19.4. The lowest BCUT2D eigenvalue weighted by molar-refractivity contribution is -0.134. The quantitative estimate of drug-likeness (QED) is 0.589. The van der Waals surface area contributed by atoms with Crippen LogP contribution in [0, 0.1) is 0 Å². The number of carbonyl (C=O) groups excluding carboxylic acids is 2. The molecule has 31 heavy (non-hydrogen) atoms. The number of amides is 1. The van der Waals surface area contributed by atoms with Gasteiger partial charge in [-0.15, -0.1) is 0 Å². The molecule has 1 saturated carbocycles. The monoisotopic (exact) mass is 417 g/mol. The Bertz CT molecular complexity index is 1110. The molecule has 8 heteroatoms. The normalized spacial score (nSPS) is 16.4. The lowest BCUT2D eigenvalue weighted by Gasteiger charge is -2.34. The van der Waals surface area contributed by atoms with Gasteiger partial charge in [0, 0.05) is 55.6 Å². The van der Waals surface area contributed by atoms with Crippen LogP contribution in [-0.4, -0.2) is 64.5 Å². The fourth-order valence-corrected chi connectivity index (χ4v) is 3.86. The van der Waals surface area contributed by atoms with Gasteiger partial charge in [0.05, 0.1) is 11.1 Å². The van der Waals surface area contributed by atoms with E-state index in [9.17, 15) is 9.59 Å². The molecule has 2 aliphatic rings. The average molecular weight is 417 g/mol. The van der Waals surface area contributed by atoms with Crippen LogP contribution < -0.4 is 4.90 Å². The lowest BCUT2D eigenvalue weighted by Crippen LogP contribution is -2.50. The first-order valence-corrected chi connectivity index (χ1v) is 10.6. The molecule has 0 bridgehead atoms. The van der Waals surface area contributed by atoms with E-state index in [-0.39, 0.29) is 12.5 Å². The summed E-state index contributed by atoms with van der Waals surface area (Å²) in [6.07, 6.45) is 5.60. The molecule has 3 aromatic rings. The summed E-state index contributed by atoms with van der Waals surface area (Å²) in [5.74, 6) is 0.410. The van der Waals surface area contributed by atoms with Crippen LogP contribution in [0.5, 0.6) is 0 Å². The van der Waals surface area contributed by atoms with E-state index < -0.39 is 5.97 Å². The van der Waals surface area contributed by atoms with Crippen LogP contribution in [0.25, 0.3) is 10.9 Å². The predicted molar refractivity (Wildman–Crippen MR) is 115 cm³/mol. The molecule has 1 aliphatic heterocycles. The summed E-state index contributed by atoms with van der Waals surface area (Å²) in [6.45, 7) is 2.10. The van der Waals surface area contributed by atoms with E-state index in [1.165, 1.54) is 0 Å². The summed E-state index contributed by atoms with van der Waals surface area (Å²) >= 11 is 0. The minimum absolute atomic E-state index is 0.192. The third kappa shape index (κ3) is 4.19. The van der Waals surface area contributed by atoms with Gasteiger partial charge in [0.15, 0.2) is 6.61 Å². The molecule has 2 aromatic heterocycles. The highest BCUT2D eigenvalue weighted by molar-refractivity contribution is 6.04. The van der Waals surface area contributed by atoms with E-state index in [2.05, 4.69) is 15.0 Å². The van der Waals surface area contributed by atoms with Crippen LogP contribution in [0.2, 0.25) is 0 Å². The Hall–Kier alpha value is -3.55. The van der Waals surface area contributed by atoms with E-state index in [1.807, 2.05) is 35.2 Å². The van der Waals surface area contributed by atoms with Crippen molar-refractivity contribution in [2.75, 3.05) is 37.7 Å². The Balaban J connectivity index is 1.22. The van der Waals surface area contributed by atoms with Crippen LogP contribution in [0.3, 0.4) is 0 Å². The van der Waals surface area contributed by atoms with Gasteiger partial charge < -0.3 is 14.5 Å². The second-order valence-corrected chi connectivity index (χ2v) is 7.88. The molecule has 5 rings (SSSR count). The van der Waals surface area contributed by atoms with E-state index in [1.54, 1.807) is 23.4 Å². The minimum atomic E-state index is -0.481. The number of pyridine rings is 1. The smallest absolute Gasteiger partial charge is 0.339 e. The molecule has 0 unspecified atom stereocenters. The second kappa shape index (κ2) is 8.29. The summed E-state index contributed by atoms with van der Waals surface area (Å²) in [5.41, 5.74) is 2.19. The zero-order chi connectivity index (χ0) is 21.2. The van der Waals surface area contributed by atoms with E-state index in [0.29, 0.717) is 43.6 Å². The number of aromatic nitrogens is 3. The molecule has 1 saturated heterocycles. The Labute approximate surface area is 179 Å². The van der Waals surface area contributed by atoms with Crippen molar-refractivity contribution in [2.45, 2.75) is 18.8 Å². The SMILES string of the molecule is O=C(OCC(=O)N1CCN(c2ncccn2)CC1)c1cc(C2CC2)nc2ccccc12. The number of ether oxygens (including phenoxy) is 1. The van der Waals surface area contributed by atoms with Gasteiger partial charge in [0.2, 0.25) is 5.95 Å². The number of para-hydroxylation sites is 1. The molecule has 2 fully saturated rings. The topological polar surface area (TPSA) is 88.5 Å². The Kier molecular flexibility index (Phi) is 5.19. The standard InChI is InChI=1S/C23H23N5O3/c29-21(27-10-12-28(13-11-27)23-24-8-3-9-25-23)15-31-22(30)18-14-20(16-6-7-16)26-19-5-2-1-4-17(18)19/h1-5,8-9,14,16H,6-7,10-13,15H2. The van der Waals surface area contributed by atoms with Crippen molar-refractivity contribution in [3.05, 3.63) is 60.0 Å². The second-order valence-electron chi connectivity index (χ2n) is 7.88. The largest absolute Gasteiger partial charge is 0.452 e. The lowest BCUT2D eigenvalue weighted by atomic mass is 10.1. The molecule has 0 radical (unpaired) electrons. The highest BCUT2D eigenvalue weighted by Gasteiger charge is 2.28. The van der Waals surface area contributed by atoms with Crippen LogP contribution >= 0.6 is 0 Å². The highest BCUT2D eigenvalue weighted by Crippen LogP contribution is 2.40. The third-order valence-corrected chi connectivity index (χ3v) is 5.75. The fourth-order valence-electron chi connectivity index (χ4n) is 3.86. The van der Waals surface area contributed by atoms with E-state index in [4.69, 9.17) is 4.74 Å². The summed E-state index contributed by atoms with van der Waals surface area (Å²) in [6, 6.07) is 11.1. The Morgan fingerprint density at radius 2 is 1.74 bits per heavy atom. The summed E-state index contributed by atoms with van der Waals surface area (Å²) in [7, 11) is 0. The molecule has 1 aromatic carbocycles. The molecular weight excluding hydrogens is 394 g/mol. The van der Waals surface area contributed by atoms with E-state index in [0.717, 1.165) is 29.4 Å². The van der Waals surface area contributed by atoms with Crippen LogP contribution in [0.1, 0.15) is 34.8 Å². The maximum Gasteiger partial charge on any atom is 0.339 e. The van der Waals surface area contributed by atoms with Crippen molar-refractivity contribution < 1.29 is 14.3 Å². The van der Waals surface area contributed by atoms with Crippen LogP contribution in [-0.2, 0) is 9.53 Å². The van der Waals surface area contributed by atoms with Gasteiger partial charge >= 0.3 is 5.97 Å². The van der Waals surface area contributed by atoms with Crippen molar-refractivity contribution in [3.63, 3.8) is 0 Å². The van der Waals surface area contributed by atoms with Crippen molar-refractivity contribution in [1.29, 1.82) is 0 Å². The number of fused-ring (bicyclic) bond motifs is 1. The molecule has 0 atom stereocenters. The molecular formula is C23H23N5O3. The van der Waals surface area contributed by atoms with Crippen molar-refractivity contribution >= 4 is 28.7 Å². The minimum Gasteiger partial charge on any atom is -0.452 e. The number of nitrogens with zero attached hydrogens (tertiary/aromatic N) is 5. The summed E-state index contributed by atoms with van der Waals surface area (Å²) < 4.78 is 5.42. The zero-order valence-electron chi connectivity index (χ0n) is 17.1. The van der Waals surface area contributed by atoms with E-state index >= 15 is 0 Å². The van der Waals surface area contributed by atoms with Gasteiger partial charge in [-0.2, -0.15) is 0 Å². The number of carbonyl (C=O) groups is 2. The Morgan fingerprint density at radius 1 is 1.00 bits per heavy atom. The van der Waals surface area contributed by atoms with Gasteiger partial charge in [0.1, 0.15) is 0 Å². The Morgan fingerprint density at radius 3 is 2.48 bits per heavy atom. The molecule has 0 spiro atoms. The number of hydrogen-bond acceptors (Lipinski definition) is 7. The summed E-state index contributed by atoms with van der Waals surface area (Å²) in [4.78, 5) is 42.4. The molecule has 1 amide bonds. The molecule has 3 heterocycles. The van der Waals surface area contributed by atoms with Gasteiger partial charge in [-0.1, -0.05) is 18.2 Å². The summed E-state index contributed by atoms with van der Waals surface area (Å²) in [5, 5.41) is 0.751. The van der Waals surface area contributed by atoms with Crippen molar-refractivity contribution in [3.8, 4) is 0 Å². The molecule has 0 N–H and O–H groups in total. The van der Waals surface area contributed by atoms with Gasteiger partial charge in [-0.05, 0) is 31.0 Å². The third-order valence-electron chi connectivity index (χ3n) is 5.75. The fraction of sp³-hybridized carbons (Fsp3) is 0.348. The maximum absolute atomic E-state index is 12.8. The first-order valence-electron chi connectivity index (χ1n) is 10.6. The number of anilines is 1. The van der Waals surface area contributed by atoms with Gasteiger partial charge in [-0.25, -0.2) is 14.8 Å². The first-order chi connectivity index (χ1) is 15.2. The molecule has 158 valence electrons. The van der Waals surface area contributed by atoms with Crippen LogP contribution in [0.4, 0.5) is 5.95 Å². The predicted octanol–water partition coefficient (Wildman–Crippen LogP) is 2.41. The van der Waals surface area contributed by atoms with Crippen molar-refractivity contribution in [2.24, 2.45) is 0 Å². The van der Waals surface area contributed by atoms with Crippen molar-refractivity contribution in [1.82, 2.24) is 19.9 Å². The maximum atomic E-state index is 12.8. The molecule has 8 nitrogen and oxygen atoms in total. The highest BCUT2D eigenvalue weighted by atomic mass is 16.5. The number of rotatable bonds is 5. The van der Waals surface area contributed by atoms with Gasteiger partial charge in [0.25, 0.3) is 5.91 Å². The number of hydrogen-bond donors (Lipinski definition) is 0. The number of piperazine rings is 1. The number of esters is 1. The zero-order valence-corrected chi connectivity index (χ0v) is 17.1. The molecule has 1 aliphatic carbocycles. The van der Waals surface area contributed by atoms with Crippen LogP contribution in [0.15, 0.2) is 48.8 Å². The van der Waals surface area contributed by atoms with Gasteiger partial charge in [-0.3, -0.25) is 9.78 Å².